The quantitative estimate of drug-likeness (QED) is 0.611. The van der Waals surface area contributed by atoms with Crippen LogP contribution < -0.4 is 0 Å². The lowest BCUT2D eigenvalue weighted by Crippen LogP contribution is -2.45. The van der Waals surface area contributed by atoms with Gasteiger partial charge < -0.3 is 9.64 Å². The molecule has 0 unspecified atom stereocenters. The third-order valence-corrected chi connectivity index (χ3v) is 4.18. The monoisotopic (exact) mass is 300 g/mol. The van der Waals surface area contributed by atoms with Crippen LogP contribution in [-0.4, -0.2) is 53.0 Å². The zero-order chi connectivity index (χ0) is 13.8. The van der Waals surface area contributed by atoms with Gasteiger partial charge in [0.1, 0.15) is 10.4 Å². The average Bonchev–Trinajstić information content (AvgIpc) is 2.46. The third-order valence-electron chi connectivity index (χ3n) is 2.79. The van der Waals surface area contributed by atoms with Gasteiger partial charge in [0.15, 0.2) is 0 Å². The van der Waals surface area contributed by atoms with E-state index < -0.39 is 0 Å². The Hall–Kier alpha value is -1.27. The minimum Gasteiger partial charge on any atom is -0.468 e. The molecule has 0 spiro atoms. The Morgan fingerprint density at radius 1 is 1.53 bits per heavy atom. The summed E-state index contributed by atoms with van der Waals surface area (Å²) >= 11 is 7.19. The number of nitrogens with zero attached hydrogens (tertiary/aromatic N) is 2. The molecule has 1 saturated heterocycles. The first-order chi connectivity index (χ1) is 9.11. The number of carbonyl (C=O) groups excluding carboxylic acids is 2. The van der Waals surface area contributed by atoms with Gasteiger partial charge in [-0.1, -0.05) is 11.6 Å². The first-order valence-corrected chi connectivity index (χ1v) is 7.14. The molecule has 0 saturated carbocycles. The van der Waals surface area contributed by atoms with Gasteiger partial charge in [0.05, 0.1) is 12.7 Å². The van der Waals surface area contributed by atoms with Gasteiger partial charge in [0, 0.05) is 25.0 Å². The van der Waals surface area contributed by atoms with Gasteiger partial charge in [0.25, 0.3) is 5.91 Å². The lowest BCUT2D eigenvalue weighted by molar-refractivity contribution is -0.140. The molecule has 1 amide bonds. The Bertz CT molecular complexity index is 480. The number of amides is 1. The molecule has 5 nitrogen and oxygen atoms in total. The van der Waals surface area contributed by atoms with Crippen LogP contribution >= 0.6 is 23.4 Å². The fourth-order valence-corrected chi connectivity index (χ4v) is 3.03. The van der Waals surface area contributed by atoms with Gasteiger partial charge in [-0.2, -0.15) is 0 Å². The number of hydrogen-bond acceptors (Lipinski definition) is 5. The molecule has 0 aromatic carbocycles. The van der Waals surface area contributed by atoms with E-state index in [9.17, 15) is 9.59 Å². The van der Waals surface area contributed by atoms with E-state index in [1.807, 2.05) is 0 Å². The zero-order valence-corrected chi connectivity index (χ0v) is 11.9. The molecule has 2 heterocycles. The summed E-state index contributed by atoms with van der Waals surface area (Å²) in [6, 6.07) is 3.21. The van der Waals surface area contributed by atoms with Crippen LogP contribution in [0.25, 0.3) is 0 Å². The first-order valence-electron chi connectivity index (χ1n) is 5.72. The van der Waals surface area contributed by atoms with Crippen LogP contribution in [0.15, 0.2) is 18.3 Å². The predicted octanol–water partition coefficient (Wildman–Crippen LogP) is 1.47. The normalized spacial score (nSPS) is 19.1. The van der Waals surface area contributed by atoms with Crippen molar-refractivity contribution in [1.29, 1.82) is 0 Å². The second-order valence-corrected chi connectivity index (χ2v) is 5.70. The Balaban J connectivity index is 2.06. The van der Waals surface area contributed by atoms with Crippen LogP contribution in [0.5, 0.6) is 0 Å². The minimum absolute atomic E-state index is 0.140. The highest BCUT2D eigenvalue weighted by Gasteiger charge is 2.30. The van der Waals surface area contributed by atoms with Crippen molar-refractivity contribution in [2.24, 2.45) is 0 Å². The number of carbonyl (C=O) groups is 2. The number of hydrogen-bond donors (Lipinski definition) is 0. The van der Waals surface area contributed by atoms with Crippen LogP contribution in [0.1, 0.15) is 10.4 Å². The van der Waals surface area contributed by atoms with Crippen LogP contribution in [0.4, 0.5) is 0 Å². The van der Waals surface area contributed by atoms with Crippen LogP contribution in [0.3, 0.4) is 0 Å². The Kier molecular flexibility index (Phi) is 4.66. The number of halogens is 1. The molecule has 1 fully saturated rings. The molecular weight excluding hydrogens is 288 g/mol. The molecule has 1 aliphatic heterocycles. The van der Waals surface area contributed by atoms with Crippen molar-refractivity contribution in [2.45, 2.75) is 5.25 Å². The average molecular weight is 301 g/mol. The molecule has 0 bridgehead atoms. The summed E-state index contributed by atoms with van der Waals surface area (Å²) in [5.74, 6) is 0.280. The first kappa shape index (κ1) is 14.1. The summed E-state index contributed by atoms with van der Waals surface area (Å²) < 4.78 is 4.71. The summed E-state index contributed by atoms with van der Waals surface area (Å²) in [6.45, 7) is 0.971. The van der Waals surface area contributed by atoms with Crippen LogP contribution in [0.2, 0.25) is 5.15 Å². The van der Waals surface area contributed by atoms with Crippen molar-refractivity contribution in [3.63, 3.8) is 0 Å². The Labute approximate surface area is 120 Å². The molecule has 0 aliphatic carbocycles. The minimum atomic E-state index is -0.317. The Morgan fingerprint density at radius 3 is 2.95 bits per heavy atom. The highest BCUT2D eigenvalue weighted by Crippen LogP contribution is 2.21. The number of thioether (sulfide) groups is 1. The van der Waals surface area contributed by atoms with E-state index in [0.29, 0.717) is 29.6 Å². The van der Waals surface area contributed by atoms with Crippen molar-refractivity contribution in [2.75, 3.05) is 26.0 Å². The molecule has 1 aliphatic rings. The van der Waals surface area contributed by atoms with E-state index in [0.717, 1.165) is 0 Å². The molecule has 19 heavy (non-hydrogen) atoms. The van der Waals surface area contributed by atoms with Crippen molar-refractivity contribution in [1.82, 2.24) is 9.88 Å². The number of ether oxygens (including phenoxy) is 1. The third kappa shape index (κ3) is 3.39. The van der Waals surface area contributed by atoms with Crippen molar-refractivity contribution < 1.29 is 14.3 Å². The molecule has 102 valence electrons. The van der Waals surface area contributed by atoms with Gasteiger partial charge >= 0.3 is 5.97 Å². The number of pyridine rings is 1. The Morgan fingerprint density at radius 2 is 2.32 bits per heavy atom. The second-order valence-electron chi connectivity index (χ2n) is 4.00. The van der Waals surface area contributed by atoms with Crippen molar-refractivity contribution >= 4 is 35.2 Å². The van der Waals surface area contributed by atoms with E-state index >= 15 is 0 Å². The van der Waals surface area contributed by atoms with E-state index in [-0.39, 0.29) is 17.1 Å². The van der Waals surface area contributed by atoms with Gasteiger partial charge in [0.2, 0.25) is 0 Å². The fourth-order valence-electron chi connectivity index (χ4n) is 1.79. The van der Waals surface area contributed by atoms with Crippen molar-refractivity contribution in [3.8, 4) is 0 Å². The van der Waals surface area contributed by atoms with Gasteiger partial charge in [-0.3, -0.25) is 9.59 Å². The summed E-state index contributed by atoms with van der Waals surface area (Å²) in [5, 5.41) is 0.0288. The maximum absolute atomic E-state index is 12.2. The molecule has 1 aromatic rings. The number of rotatable bonds is 2. The highest BCUT2D eigenvalue weighted by atomic mass is 35.5. The molecule has 0 radical (unpaired) electrons. The molecule has 0 N–H and O–H groups in total. The lowest BCUT2D eigenvalue weighted by Gasteiger charge is -2.30. The smallest absolute Gasteiger partial charge is 0.320 e. The standard InChI is InChI=1S/C12H13ClN2O3S/c1-18-12(17)9-7-15(4-5-19-9)11(16)8-2-3-10(13)14-6-8/h2-3,6,9H,4-5,7H2,1H3/t9-/m0/s1. The van der Waals surface area contributed by atoms with Gasteiger partial charge in [-0.15, -0.1) is 11.8 Å². The van der Waals surface area contributed by atoms with E-state index in [2.05, 4.69) is 4.98 Å². The largest absolute Gasteiger partial charge is 0.468 e. The predicted molar refractivity (Wildman–Crippen MR) is 73.4 cm³/mol. The summed E-state index contributed by atoms with van der Waals surface area (Å²) in [5.41, 5.74) is 0.472. The molecule has 2 rings (SSSR count). The zero-order valence-electron chi connectivity index (χ0n) is 10.3. The van der Waals surface area contributed by atoms with Crippen LogP contribution in [-0.2, 0) is 9.53 Å². The van der Waals surface area contributed by atoms with E-state index in [1.165, 1.54) is 25.1 Å². The van der Waals surface area contributed by atoms with Gasteiger partial charge in [-0.25, -0.2) is 4.98 Å². The number of methoxy groups -OCH3 is 1. The van der Waals surface area contributed by atoms with Gasteiger partial charge in [-0.05, 0) is 12.1 Å². The molecule has 7 heteroatoms. The number of aromatic nitrogens is 1. The second kappa shape index (κ2) is 6.25. The maximum Gasteiger partial charge on any atom is 0.320 e. The highest BCUT2D eigenvalue weighted by molar-refractivity contribution is 8.00. The topological polar surface area (TPSA) is 59.5 Å². The summed E-state index contributed by atoms with van der Waals surface area (Å²) in [7, 11) is 1.35. The molecule has 1 atom stereocenters. The molecule has 1 aromatic heterocycles. The lowest BCUT2D eigenvalue weighted by atomic mass is 10.2. The maximum atomic E-state index is 12.2. The summed E-state index contributed by atoms with van der Waals surface area (Å²) in [6.07, 6.45) is 1.44. The van der Waals surface area contributed by atoms with Crippen LogP contribution in [0, 0.1) is 0 Å². The van der Waals surface area contributed by atoms with E-state index in [4.69, 9.17) is 16.3 Å². The number of esters is 1. The van der Waals surface area contributed by atoms with E-state index in [1.54, 1.807) is 17.0 Å². The SMILES string of the molecule is COC(=O)[C@@H]1CN(C(=O)c2ccc(Cl)nc2)CCS1. The molecular formula is C12H13ClN2O3S. The fraction of sp³-hybridized carbons (Fsp3) is 0.417. The van der Waals surface area contributed by atoms with Crippen molar-refractivity contribution in [3.05, 3.63) is 29.0 Å². The summed E-state index contributed by atoms with van der Waals surface area (Å²) in [4.78, 5) is 29.3.